The van der Waals surface area contributed by atoms with Gasteiger partial charge in [0.05, 0.1) is 11.9 Å². The summed E-state index contributed by atoms with van der Waals surface area (Å²) < 4.78 is 0. The third-order valence-corrected chi connectivity index (χ3v) is 5.73. The van der Waals surface area contributed by atoms with E-state index in [0.29, 0.717) is 0 Å². The second kappa shape index (κ2) is 5.61. The van der Waals surface area contributed by atoms with Crippen molar-refractivity contribution in [1.29, 1.82) is 0 Å². The Balaban J connectivity index is 1.42. The number of aromatic nitrogens is 5. The average molecular weight is 354 g/mol. The lowest BCUT2D eigenvalue weighted by Crippen LogP contribution is -2.32. The number of rotatable bonds is 1. The van der Waals surface area contributed by atoms with Crippen molar-refractivity contribution in [3.8, 4) is 11.1 Å². The Morgan fingerprint density at radius 2 is 1.81 bits per heavy atom. The maximum atomic E-state index is 4.96. The molecule has 6 rings (SSSR count). The van der Waals surface area contributed by atoms with Crippen molar-refractivity contribution in [3.63, 3.8) is 0 Å². The van der Waals surface area contributed by atoms with Crippen LogP contribution in [0.1, 0.15) is 22.4 Å². The van der Waals surface area contributed by atoms with E-state index >= 15 is 0 Å². The van der Waals surface area contributed by atoms with Crippen molar-refractivity contribution in [3.05, 3.63) is 65.2 Å². The summed E-state index contributed by atoms with van der Waals surface area (Å²) in [6.45, 7) is 1.84. The van der Waals surface area contributed by atoms with Crippen LogP contribution in [0.15, 0.2) is 42.9 Å². The fourth-order valence-electron chi connectivity index (χ4n) is 4.33. The molecule has 27 heavy (non-hydrogen) atoms. The highest BCUT2D eigenvalue weighted by atomic mass is 15.3. The monoisotopic (exact) mass is 354 g/mol. The smallest absolute Gasteiger partial charge is 0.225 e. The van der Waals surface area contributed by atoms with Crippen molar-refractivity contribution in [2.24, 2.45) is 0 Å². The summed E-state index contributed by atoms with van der Waals surface area (Å²) in [5, 5.41) is 8.17. The third-order valence-electron chi connectivity index (χ3n) is 5.73. The van der Waals surface area contributed by atoms with E-state index < -0.39 is 0 Å². The summed E-state index contributed by atoms with van der Waals surface area (Å²) in [6, 6.07) is 8.66. The number of aryl methyl sites for hydroxylation is 2. The molecule has 3 aromatic heterocycles. The Morgan fingerprint density at radius 1 is 0.889 bits per heavy atom. The van der Waals surface area contributed by atoms with Gasteiger partial charge in [0, 0.05) is 42.0 Å². The predicted molar refractivity (Wildman–Crippen MR) is 104 cm³/mol. The van der Waals surface area contributed by atoms with E-state index in [1.54, 1.807) is 0 Å². The van der Waals surface area contributed by atoms with Crippen LogP contribution < -0.4 is 4.90 Å². The van der Waals surface area contributed by atoms with Gasteiger partial charge in [-0.2, -0.15) is 5.10 Å². The molecule has 4 heterocycles. The van der Waals surface area contributed by atoms with Crippen LogP contribution in [-0.4, -0.2) is 31.7 Å². The maximum absolute atomic E-state index is 4.96. The molecule has 1 aliphatic heterocycles. The van der Waals surface area contributed by atoms with E-state index in [1.807, 2.05) is 18.6 Å². The van der Waals surface area contributed by atoms with Crippen molar-refractivity contribution in [1.82, 2.24) is 25.1 Å². The molecule has 0 fully saturated rings. The number of anilines is 1. The van der Waals surface area contributed by atoms with Gasteiger partial charge in [0.2, 0.25) is 5.95 Å². The number of pyridine rings is 1. The summed E-state index contributed by atoms with van der Waals surface area (Å²) in [7, 11) is 0. The second-order valence-electron chi connectivity index (χ2n) is 7.26. The van der Waals surface area contributed by atoms with Crippen molar-refractivity contribution in [2.75, 3.05) is 11.4 Å². The summed E-state index contributed by atoms with van der Waals surface area (Å²) in [4.78, 5) is 16.5. The number of hydrogen-bond acceptors (Lipinski definition) is 5. The Hall–Kier alpha value is -3.28. The summed E-state index contributed by atoms with van der Waals surface area (Å²) >= 11 is 0. The first-order valence-corrected chi connectivity index (χ1v) is 9.36. The zero-order valence-electron chi connectivity index (χ0n) is 14.8. The first-order chi connectivity index (χ1) is 13.4. The number of fused-ring (bicyclic) bond motifs is 6. The van der Waals surface area contributed by atoms with Crippen LogP contribution in [0.3, 0.4) is 0 Å². The quantitative estimate of drug-likeness (QED) is 0.569. The molecule has 2 aliphatic rings. The summed E-state index contributed by atoms with van der Waals surface area (Å²) in [6.07, 6.45) is 8.71. The van der Waals surface area contributed by atoms with E-state index in [-0.39, 0.29) is 0 Å². The SMILES string of the molecule is c1ccc2c(c1)CCN(c1ncc3c(n1)CCc1cnc4[nH]ncc4c1-3)C2. The molecule has 0 atom stereocenters. The molecule has 0 saturated heterocycles. The van der Waals surface area contributed by atoms with Crippen LogP contribution >= 0.6 is 0 Å². The van der Waals surface area contributed by atoms with Gasteiger partial charge in [0.15, 0.2) is 5.65 Å². The zero-order valence-corrected chi connectivity index (χ0v) is 14.8. The highest BCUT2D eigenvalue weighted by Gasteiger charge is 2.24. The number of benzene rings is 1. The van der Waals surface area contributed by atoms with Gasteiger partial charge >= 0.3 is 0 Å². The largest absolute Gasteiger partial charge is 0.336 e. The fraction of sp³-hybridized carbons (Fsp3) is 0.238. The van der Waals surface area contributed by atoms with Gasteiger partial charge in [-0.25, -0.2) is 15.0 Å². The highest BCUT2D eigenvalue weighted by Crippen LogP contribution is 2.37. The minimum atomic E-state index is 0.818. The van der Waals surface area contributed by atoms with E-state index in [1.165, 1.54) is 22.3 Å². The molecule has 1 aromatic carbocycles. The first kappa shape index (κ1) is 14.8. The normalized spacial score (nSPS) is 15.3. The Labute approximate surface area is 156 Å². The lowest BCUT2D eigenvalue weighted by atomic mass is 9.89. The van der Waals surface area contributed by atoms with Crippen molar-refractivity contribution in [2.45, 2.75) is 25.8 Å². The Morgan fingerprint density at radius 3 is 2.78 bits per heavy atom. The number of aromatic amines is 1. The van der Waals surface area contributed by atoms with E-state index in [4.69, 9.17) is 9.97 Å². The topological polar surface area (TPSA) is 70.6 Å². The van der Waals surface area contributed by atoms with Gasteiger partial charge < -0.3 is 4.90 Å². The molecule has 0 radical (unpaired) electrons. The predicted octanol–water partition coefficient (Wildman–Crippen LogP) is 3.08. The molecule has 4 aromatic rings. The van der Waals surface area contributed by atoms with Gasteiger partial charge in [0.25, 0.3) is 0 Å². The van der Waals surface area contributed by atoms with Gasteiger partial charge in [-0.1, -0.05) is 24.3 Å². The summed E-state index contributed by atoms with van der Waals surface area (Å²) in [5.74, 6) is 0.837. The fourth-order valence-corrected chi connectivity index (χ4v) is 4.33. The van der Waals surface area contributed by atoms with Gasteiger partial charge in [-0.05, 0) is 36.0 Å². The number of H-pyrrole nitrogens is 1. The van der Waals surface area contributed by atoms with Gasteiger partial charge in [-0.15, -0.1) is 0 Å². The van der Waals surface area contributed by atoms with Crippen LogP contribution in [0.25, 0.3) is 22.2 Å². The molecule has 6 nitrogen and oxygen atoms in total. The molecular formula is C21H18N6. The zero-order chi connectivity index (χ0) is 17.8. The molecular weight excluding hydrogens is 336 g/mol. The second-order valence-corrected chi connectivity index (χ2v) is 7.26. The molecule has 0 spiro atoms. The lowest BCUT2D eigenvalue weighted by molar-refractivity contribution is 0.702. The third kappa shape index (κ3) is 2.26. The number of nitrogens with zero attached hydrogens (tertiary/aromatic N) is 5. The molecule has 132 valence electrons. The van der Waals surface area contributed by atoms with Crippen LogP contribution in [0.2, 0.25) is 0 Å². The number of hydrogen-bond donors (Lipinski definition) is 1. The standard InChI is InChI=1S/C21H18N6/c1-2-4-15-12-27(8-7-13(15)3-1)21-23-10-16-18(25-21)6-5-14-9-22-20-17(19(14)16)11-24-26-20/h1-4,9-11H,5-8,12H2,(H,22,24,26). The van der Waals surface area contributed by atoms with Gasteiger partial charge in [0.1, 0.15) is 0 Å². The lowest BCUT2D eigenvalue weighted by Gasteiger charge is -2.29. The Kier molecular flexibility index (Phi) is 3.08. The minimum absolute atomic E-state index is 0.818. The molecule has 1 N–H and O–H groups in total. The van der Waals surface area contributed by atoms with E-state index in [9.17, 15) is 0 Å². The minimum Gasteiger partial charge on any atom is -0.336 e. The first-order valence-electron chi connectivity index (χ1n) is 9.36. The van der Waals surface area contributed by atoms with E-state index in [0.717, 1.165) is 60.6 Å². The summed E-state index contributed by atoms with van der Waals surface area (Å²) in [5.41, 5.74) is 8.31. The molecule has 6 heteroatoms. The van der Waals surface area contributed by atoms with Crippen molar-refractivity contribution >= 4 is 17.0 Å². The maximum Gasteiger partial charge on any atom is 0.225 e. The van der Waals surface area contributed by atoms with Crippen LogP contribution in [0, 0.1) is 0 Å². The Bertz CT molecular complexity index is 1180. The van der Waals surface area contributed by atoms with E-state index in [2.05, 4.69) is 44.3 Å². The highest BCUT2D eigenvalue weighted by molar-refractivity contribution is 5.95. The molecule has 0 unspecified atom stereocenters. The molecule has 0 saturated carbocycles. The van der Waals surface area contributed by atoms with Crippen LogP contribution in [0.4, 0.5) is 5.95 Å². The van der Waals surface area contributed by atoms with Gasteiger partial charge in [-0.3, -0.25) is 5.10 Å². The van der Waals surface area contributed by atoms with Crippen LogP contribution in [-0.2, 0) is 25.8 Å². The molecule has 0 bridgehead atoms. The average Bonchev–Trinajstić information content (AvgIpc) is 3.21. The van der Waals surface area contributed by atoms with Crippen molar-refractivity contribution < 1.29 is 0 Å². The molecule has 0 amide bonds. The molecule has 1 aliphatic carbocycles. The number of nitrogens with one attached hydrogen (secondary N) is 1. The van der Waals surface area contributed by atoms with Crippen LogP contribution in [0.5, 0.6) is 0 Å².